The Hall–Kier alpha value is -3.19. The number of aromatic nitrogens is 1. The number of hydrogen-bond donors (Lipinski definition) is 3. The molecule has 15 heteroatoms. The van der Waals surface area contributed by atoms with Gasteiger partial charge >= 0.3 is 5.97 Å². The summed E-state index contributed by atoms with van der Waals surface area (Å²) < 4.78 is 10.7. The van der Waals surface area contributed by atoms with Crippen LogP contribution >= 0.6 is 69.5 Å². The molecule has 1 heterocycles. The Balaban J connectivity index is 1.48. The van der Waals surface area contributed by atoms with Crippen molar-refractivity contribution < 1.29 is 29.0 Å². The van der Waals surface area contributed by atoms with Crippen LogP contribution in [0.25, 0.3) is 11.3 Å². The van der Waals surface area contributed by atoms with Crippen molar-refractivity contribution in [3.63, 3.8) is 0 Å². The standard InChI is InChI=1S/C29H23Cl4N3O6S2/c1-4-19(26(37)36-29-35-16(12-43-29)13-8-9-17(41-2)18(10-13)42-3)44-15-7-5-6-14(11-15)34-27(38)20-21(28(39)40)23(31)25(33)24(32)22(20)30/h5-12,19H,4H2,1-3H3,(H,34,38)(H,39,40)(H,35,36,37). The number of halogens is 4. The van der Waals surface area contributed by atoms with Crippen LogP contribution in [0.2, 0.25) is 20.1 Å². The van der Waals surface area contributed by atoms with Gasteiger partial charge in [-0.05, 0) is 42.8 Å². The van der Waals surface area contributed by atoms with Crippen molar-refractivity contribution in [2.24, 2.45) is 0 Å². The third kappa shape index (κ3) is 7.36. The number of carboxylic acids is 1. The summed E-state index contributed by atoms with van der Waals surface area (Å²) in [6, 6.07) is 12.1. The van der Waals surface area contributed by atoms with Crippen molar-refractivity contribution in [2.45, 2.75) is 23.5 Å². The first-order valence-electron chi connectivity index (χ1n) is 12.6. The predicted molar refractivity (Wildman–Crippen MR) is 177 cm³/mol. The quantitative estimate of drug-likeness (QED) is 0.0799. The van der Waals surface area contributed by atoms with Gasteiger partial charge in [0, 0.05) is 21.5 Å². The lowest BCUT2D eigenvalue weighted by atomic mass is 10.1. The molecule has 0 spiro atoms. The molecule has 0 aliphatic carbocycles. The molecule has 0 bridgehead atoms. The molecule has 0 aliphatic rings. The van der Waals surface area contributed by atoms with Gasteiger partial charge in [0.15, 0.2) is 16.6 Å². The van der Waals surface area contributed by atoms with E-state index in [1.165, 1.54) is 23.1 Å². The minimum absolute atomic E-state index is 0.245. The number of carbonyl (C=O) groups is 3. The number of amides is 2. The monoisotopic (exact) mass is 713 g/mol. The van der Waals surface area contributed by atoms with Gasteiger partial charge in [0.1, 0.15) is 0 Å². The van der Waals surface area contributed by atoms with Gasteiger partial charge in [-0.3, -0.25) is 9.59 Å². The van der Waals surface area contributed by atoms with Gasteiger partial charge in [0.25, 0.3) is 5.91 Å². The normalized spacial score (nSPS) is 11.5. The summed E-state index contributed by atoms with van der Waals surface area (Å²) in [6.07, 6.45) is 0.500. The average Bonchev–Trinajstić information content (AvgIpc) is 3.48. The topological polar surface area (TPSA) is 127 Å². The number of anilines is 2. The molecule has 1 atom stereocenters. The molecule has 1 unspecified atom stereocenters. The van der Waals surface area contributed by atoms with E-state index in [4.69, 9.17) is 55.9 Å². The fraction of sp³-hybridized carbons (Fsp3) is 0.172. The molecule has 9 nitrogen and oxygen atoms in total. The van der Waals surface area contributed by atoms with Gasteiger partial charge in [-0.25, -0.2) is 9.78 Å². The first-order valence-corrected chi connectivity index (χ1v) is 15.9. The summed E-state index contributed by atoms with van der Waals surface area (Å²) in [7, 11) is 3.11. The van der Waals surface area contributed by atoms with Crippen molar-refractivity contribution in [3.8, 4) is 22.8 Å². The number of thioether (sulfide) groups is 1. The first kappa shape index (κ1) is 33.7. The van der Waals surface area contributed by atoms with Crippen LogP contribution in [0.1, 0.15) is 34.1 Å². The smallest absolute Gasteiger partial charge is 0.338 e. The van der Waals surface area contributed by atoms with Crippen LogP contribution < -0.4 is 20.1 Å². The van der Waals surface area contributed by atoms with Crippen molar-refractivity contribution in [1.82, 2.24) is 4.98 Å². The Morgan fingerprint density at radius 1 is 0.932 bits per heavy atom. The lowest BCUT2D eigenvalue weighted by molar-refractivity contribution is -0.115. The number of benzene rings is 3. The Labute approximate surface area is 280 Å². The zero-order valence-corrected chi connectivity index (χ0v) is 27.8. The predicted octanol–water partition coefficient (Wildman–Crippen LogP) is 8.90. The van der Waals surface area contributed by atoms with E-state index in [0.717, 1.165) is 5.56 Å². The third-order valence-electron chi connectivity index (χ3n) is 6.16. The van der Waals surface area contributed by atoms with E-state index in [1.807, 2.05) is 24.4 Å². The third-order valence-corrected chi connectivity index (χ3v) is 10.1. The molecule has 1 aromatic heterocycles. The van der Waals surface area contributed by atoms with Crippen LogP contribution in [0.4, 0.5) is 10.8 Å². The maximum Gasteiger partial charge on any atom is 0.338 e. The zero-order chi connectivity index (χ0) is 32.1. The molecule has 3 aromatic carbocycles. The second-order valence-corrected chi connectivity index (χ2v) is 12.6. The molecule has 3 N–H and O–H groups in total. The number of rotatable bonds is 11. The van der Waals surface area contributed by atoms with Gasteiger partial charge in [-0.2, -0.15) is 0 Å². The van der Waals surface area contributed by atoms with Crippen molar-refractivity contribution >= 4 is 98.1 Å². The number of aromatic carboxylic acids is 1. The maximum absolute atomic E-state index is 13.2. The van der Waals surface area contributed by atoms with E-state index in [1.54, 1.807) is 44.6 Å². The highest BCUT2D eigenvalue weighted by Gasteiger charge is 2.29. The van der Waals surface area contributed by atoms with E-state index >= 15 is 0 Å². The van der Waals surface area contributed by atoms with Crippen LogP contribution in [0, 0.1) is 0 Å². The van der Waals surface area contributed by atoms with Crippen molar-refractivity contribution in [3.05, 3.63) is 79.1 Å². The van der Waals surface area contributed by atoms with Gasteiger partial charge in [-0.1, -0.05) is 59.4 Å². The average molecular weight is 715 g/mol. The molecule has 44 heavy (non-hydrogen) atoms. The molecular formula is C29H23Cl4N3O6S2. The van der Waals surface area contributed by atoms with Crippen LogP contribution in [-0.4, -0.2) is 47.3 Å². The fourth-order valence-corrected chi connectivity index (χ4v) is 6.77. The molecular weight excluding hydrogens is 692 g/mol. The molecule has 0 fully saturated rings. The van der Waals surface area contributed by atoms with E-state index in [2.05, 4.69) is 15.6 Å². The van der Waals surface area contributed by atoms with Crippen LogP contribution in [0.3, 0.4) is 0 Å². The minimum Gasteiger partial charge on any atom is -0.493 e. The lowest BCUT2D eigenvalue weighted by Crippen LogP contribution is -2.24. The van der Waals surface area contributed by atoms with Crippen molar-refractivity contribution in [1.29, 1.82) is 0 Å². The van der Waals surface area contributed by atoms with Crippen molar-refractivity contribution in [2.75, 3.05) is 24.9 Å². The summed E-state index contributed by atoms with van der Waals surface area (Å²) in [5.74, 6) is -1.44. The Bertz CT molecular complexity index is 1750. The van der Waals surface area contributed by atoms with E-state index in [0.29, 0.717) is 39.3 Å². The molecule has 2 amide bonds. The van der Waals surface area contributed by atoms with E-state index in [9.17, 15) is 19.5 Å². The number of carboxylic acid groups (broad SMARTS) is 1. The summed E-state index contributed by atoms with van der Waals surface area (Å²) >= 11 is 26.9. The first-order chi connectivity index (χ1) is 21.0. The minimum atomic E-state index is -1.50. The van der Waals surface area contributed by atoms with Gasteiger partial charge in [0.05, 0.1) is 56.4 Å². The van der Waals surface area contributed by atoms with Crippen LogP contribution in [-0.2, 0) is 4.79 Å². The molecule has 4 aromatic rings. The highest BCUT2D eigenvalue weighted by molar-refractivity contribution is 8.00. The molecule has 0 aliphatic heterocycles. The van der Waals surface area contributed by atoms with Crippen LogP contribution in [0.5, 0.6) is 11.5 Å². The van der Waals surface area contributed by atoms with E-state index < -0.39 is 33.3 Å². The largest absolute Gasteiger partial charge is 0.493 e. The lowest BCUT2D eigenvalue weighted by Gasteiger charge is -2.16. The number of thiazole rings is 1. The number of nitrogens with one attached hydrogen (secondary N) is 2. The Morgan fingerprint density at radius 2 is 1.61 bits per heavy atom. The summed E-state index contributed by atoms with van der Waals surface area (Å²) in [5.41, 5.74) is 0.792. The molecule has 0 saturated heterocycles. The maximum atomic E-state index is 13.2. The van der Waals surface area contributed by atoms with Gasteiger partial charge in [-0.15, -0.1) is 23.1 Å². The number of carbonyl (C=O) groups excluding carboxylic acids is 2. The number of methoxy groups -OCH3 is 2. The molecule has 230 valence electrons. The molecule has 0 saturated carbocycles. The fourth-order valence-electron chi connectivity index (χ4n) is 4.02. The second-order valence-electron chi connectivity index (χ2n) is 8.90. The number of hydrogen-bond acceptors (Lipinski definition) is 8. The van der Waals surface area contributed by atoms with Gasteiger partial charge < -0.3 is 25.2 Å². The molecule has 4 rings (SSSR count). The van der Waals surface area contributed by atoms with Crippen LogP contribution in [0.15, 0.2) is 52.7 Å². The summed E-state index contributed by atoms with van der Waals surface area (Å²) in [4.78, 5) is 43.4. The molecule has 0 radical (unpaired) electrons. The second kappa shape index (κ2) is 14.7. The Morgan fingerprint density at radius 3 is 2.25 bits per heavy atom. The highest BCUT2D eigenvalue weighted by atomic mass is 35.5. The highest BCUT2D eigenvalue weighted by Crippen LogP contribution is 2.42. The van der Waals surface area contributed by atoms with Gasteiger partial charge in [0.2, 0.25) is 5.91 Å². The number of ether oxygens (including phenoxy) is 2. The number of nitrogens with zero attached hydrogens (tertiary/aromatic N) is 1. The SMILES string of the molecule is CCC(Sc1cccc(NC(=O)c2c(Cl)c(Cl)c(Cl)c(Cl)c2C(=O)O)c1)C(=O)Nc1nc(-c2ccc(OC)c(OC)c2)cs1. The summed E-state index contributed by atoms with van der Waals surface area (Å²) in [5, 5.41) is 15.7. The summed E-state index contributed by atoms with van der Waals surface area (Å²) in [6.45, 7) is 1.88. The zero-order valence-electron chi connectivity index (χ0n) is 23.2. The Kier molecular flexibility index (Phi) is 11.3. The van der Waals surface area contributed by atoms with E-state index in [-0.39, 0.29) is 21.0 Å².